The molecular formula is C15H13ClF2O. The van der Waals surface area contributed by atoms with Gasteiger partial charge in [-0.3, -0.25) is 0 Å². The van der Waals surface area contributed by atoms with Gasteiger partial charge in [0.25, 0.3) is 0 Å². The van der Waals surface area contributed by atoms with Gasteiger partial charge in [0.15, 0.2) is 5.56 Å². The third kappa shape index (κ3) is 4.52. The maximum absolute atomic E-state index is 13.0. The minimum atomic E-state index is -0.579. The summed E-state index contributed by atoms with van der Waals surface area (Å²) in [5.74, 6) is -0.250. The molecule has 0 aromatic heterocycles. The molecule has 0 aliphatic rings. The van der Waals surface area contributed by atoms with Crippen molar-refractivity contribution < 1.29 is 13.5 Å². The lowest BCUT2D eigenvalue weighted by Crippen LogP contribution is -2.10. The average Bonchev–Trinajstić information content (AvgIpc) is 2.36. The highest BCUT2D eigenvalue weighted by atomic mass is 35.5. The molecule has 100 valence electrons. The van der Waals surface area contributed by atoms with Gasteiger partial charge in [-0.1, -0.05) is 29.8 Å². The van der Waals surface area contributed by atoms with Gasteiger partial charge in [-0.25, -0.2) is 8.78 Å². The summed E-state index contributed by atoms with van der Waals surface area (Å²) < 4.78 is 31.3. The lowest BCUT2D eigenvalue weighted by Gasteiger charge is -2.12. The predicted molar refractivity (Wildman–Crippen MR) is 71.4 cm³/mol. The molecule has 0 N–H and O–H groups in total. The molecule has 4 heteroatoms. The Kier molecular flexibility index (Phi) is 4.74. The zero-order valence-corrected chi connectivity index (χ0v) is 10.9. The number of benzene rings is 2. The largest absolute Gasteiger partial charge is 0.475 e. The van der Waals surface area contributed by atoms with Crippen molar-refractivity contribution >= 4 is 11.6 Å². The first-order chi connectivity index (χ1) is 9.13. The fourth-order valence-corrected chi connectivity index (χ4v) is 1.93. The van der Waals surface area contributed by atoms with Gasteiger partial charge in [0.1, 0.15) is 17.4 Å². The molecule has 0 saturated carbocycles. The summed E-state index contributed by atoms with van der Waals surface area (Å²) in [5, 5.41) is 0. The SMILES string of the molecule is Fc1cccc(CCC(Cl)Oc2cccc(F)c2)c1. The van der Waals surface area contributed by atoms with Crippen LogP contribution in [0.25, 0.3) is 0 Å². The molecule has 0 aliphatic carbocycles. The second-order valence-electron chi connectivity index (χ2n) is 4.15. The summed E-state index contributed by atoms with van der Waals surface area (Å²) >= 11 is 6.02. The van der Waals surface area contributed by atoms with Crippen LogP contribution in [0, 0.1) is 11.6 Å². The van der Waals surface area contributed by atoms with Crippen molar-refractivity contribution in [2.75, 3.05) is 0 Å². The van der Waals surface area contributed by atoms with Crippen LogP contribution in [0.4, 0.5) is 8.78 Å². The Morgan fingerprint density at radius 2 is 1.68 bits per heavy atom. The molecule has 0 radical (unpaired) electrons. The Hall–Kier alpha value is -1.61. The summed E-state index contributed by atoms with van der Waals surface area (Å²) in [6, 6.07) is 12.1. The van der Waals surface area contributed by atoms with E-state index in [4.69, 9.17) is 16.3 Å². The minimum absolute atomic E-state index is 0.269. The van der Waals surface area contributed by atoms with Crippen molar-refractivity contribution in [1.29, 1.82) is 0 Å². The highest BCUT2D eigenvalue weighted by molar-refractivity contribution is 6.19. The van der Waals surface area contributed by atoms with E-state index in [1.807, 2.05) is 6.07 Å². The Labute approximate surface area is 115 Å². The smallest absolute Gasteiger partial charge is 0.172 e. The summed E-state index contributed by atoms with van der Waals surface area (Å²) in [5.41, 5.74) is 0.276. The second-order valence-corrected chi connectivity index (χ2v) is 4.64. The molecule has 2 aromatic carbocycles. The van der Waals surface area contributed by atoms with Gasteiger partial charge in [-0.2, -0.15) is 0 Å². The van der Waals surface area contributed by atoms with E-state index in [2.05, 4.69) is 0 Å². The van der Waals surface area contributed by atoms with Crippen molar-refractivity contribution in [1.82, 2.24) is 0 Å². The average molecular weight is 283 g/mol. The Bertz CT molecular complexity index is 545. The molecular weight excluding hydrogens is 270 g/mol. The molecule has 0 amide bonds. The lowest BCUT2D eigenvalue weighted by atomic mass is 10.1. The van der Waals surface area contributed by atoms with Gasteiger partial charge >= 0.3 is 0 Å². The summed E-state index contributed by atoms with van der Waals surface area (Å²) in [6.45, 7) is 0. The topological polar surface area (TPSA) is 9.23 Å². The van der Waals surface area contributed by atoms with Gasteiger partial charge in [0.05, 0.1) is 0 Å². The molecule has 0 aliphatic heterocycles. The zero-order valence-electron chi connectivity index (χ0n) is 10.2. The zero-order chi connectivity index (χ0) is 13.7. The first-order valence-corrected chi connectivity index (χ1v) is 6.38. The van der Waals surface area contributed by atoms with E-state index in [-0.39, 0.29) is 11.6 Å². The van der Waals surface area contributed by atoms with Crippen LogP contribution < -0.4 is 4.74 Å². The van der Waals surface area contributed by atoms with Crippen LogP contribution in [0.1, 0.15) is 12.0 Å². The van der Waals surface area contributed by atoms with Gasteiger partial charge in [0, 0.05) is 12.5 Å². The number of rotatable bonds is 5. The van der Waals surface area contributed by atoms with Crippen LogP contribution in [-0.2, 0) is 6.42 Å². The lowest BCUT2D eigenvalue weighted by molar-refractivity contribution is 0.269. The van der Waals surface area contributed by atoms with Crippen LogP contribution in [-0.4, -0.2) is 5.56 Å². The highest BCUT2D eigenvalue weighted by Crippen LogP contribution is 2.18. The molecule has 0 spiro atoms. The van der Waals surface area contributed by atoms with E-state index in [0.29, 0.717) is 18.6 Å². The number of ether oxygens (including phenoxy) is 1. The fourth-order valence-electron chi connectivity index (χ4n) is 1.72. The van der Waals surface area contributed by atoms with E-state index >= 15 is 0 Å². The van der Waals surface area contributed by atoms with E-state index in [9.17, 15) is 8.78 Å². The fraction of sp³-hybridized carbons (Fsp3) is 0.200. The normalized spacial score (nSPS) is 12.2. The van der Waals surface area contributed by atoms with Gasteiger partial charge < -0.3 is 4.74 Å². The van der Waals surface area contributed by atoms with Gasteiger partial charge in [-0.05, 0) is 36.2 Å². The first-order valence-electron chi connectivity index (χ1n) is 5.94. The van der Waals surface area contributed by atoms with E-state index in [1.165, 1.54) is 24.3 Å². The van der Waals surface area contributed by atoms with Crippen molar-refractivity contribution in [3.8, 4) is 5.75 Å². The molecule has 0 bridgehead atoms. The third-order valence-electron chi connectivity index (χ3n) is 2.61. The second kappa shape index (κ2) is 6.53. The number of hydrogen-bond donors (Lipinski definition) is 0. The summed E-state index contributed by atoms with van der Waals surface area (Å²) in [4.78, 5) is 0. The minimum Gasteiger partial charge on any atom is -0.475 e. The van der Waals surface area contributed by atoms with Crippen molar-refractivity contribution in [2.24, 2.45) is 0 Å². The molecule has 1 nitrogen and oxygen atoms in total. The number of hydrogen-bond acceptors (Lipinski definition) is 1. The standard InChI is InChI=1S/C15H13ClF2O/c16-15(19-14-6-2-5-13(18)10-14)8-7-11-3-1-4-12(17)9-11/h1-6,9-10,15H,7-8H2. The molecule has 2 rings (SSSR count). The summed E-state index contributed by atoms with van der Waals surface area (Å²) in [7, 11) is 0. The quantitative estimate of drug-likeness (QED) is 0.732. The monoisotopic (exact) mass is 282 g/mol. The predicted octanol–water partition coefficient (Wildman–Crippen LogP) is 4.54. The van der Waals surface area contributed by atoms with E-state index in [1.54, 1.807) is 18.2 Å². The molecule has 1 atom stereocenters. The van der Waals surface area contributed by atoms with Crippen molar-refractivity contribution in [3.63, 3.8) is 0 Å². The molecule has 0 heterocycles. The van der Waals surface area contributed by atoms with Crippen LogP contribution in [0.3, 0.4) is 0 Å². The molecule has 0 saturated heterocycles. The number of halogens is 3. The van der Waals surface area contributed by atoms with Crippen LogP contribution in [0.2, 0.25) is 0 Å². The van der Waals surface area contributed by atoms with E-state index in [0.717, 1.165) is 5.56 Å². The highest BCUT2D eigenvalue weighted by Gasteiger charge is 2.07. The Morgan fingerprint density at radius 3 is 2.37 bits per heavy atom. The van der Waals surface area contributed by atoms with Crippen LogP contribution in [0.5, 0.6) is 5.75 Å². The Balaban J connectivity index is 1.86. The summed E-state index contributed by atoms with van der Waals surface area (Å²) in [6.07, 6.45) is 1.11. The molecule has 2 aromatic rings. The van der Waals surface area contributed by atoms with Crippen molar-refractivity contribution in [2.45, 2.75) is 18.4 Å². The Morgan fingerprint density at radius 1 is 1.00 bits per heavy atom. The van der Waals surface area contributed by atoms with Crippen LogP contribution >= 0.6 is 11.6 Å². The van der Waals surface area contributed by atoms with E-state index < -0.39 is 5.56 Å². The molecule has 0 fully saturated rings. The van der Waals surface area contributed by atoms with Crippen molar-refractivity contribution in [3.05, 3.63) is 65.7 Å². The molecule has 1 unspecified atom stereocenters. The maximum atomic E-state index is 13.0. The maximum Gasteiger partial charge on any atom is 0.172 e. The number of aryl methyl sites for hydroxylation is 1. The number of alkyl halides is 1. The van der Waals surface area contributed by atoms with Gasteiger partial charge in [-0.15, -0.1) is 0 Å². The van der Waals surface area contributed by atoms with Crippen LogP contribution in [0.15, 0.2) is 48.5 Å². The molecule has 19 heavy (non-hydrogen) atoms. The first kappa shape index (κ1) is 13.8. The third-order valence-corrected chi connectivity index (χ3v) is 2.92. The van der Waals surface area contributed by atoms with Gasteiger partial charge in [0.2, 0.25) is 0 Å².